The maximum atomic E-state index is 9.05. The molecule has 0 aromatic heterocycles. The number of para-hydroxylation sites is 1. The molecule has 0 heterocycles. The Morgan fingerprint density at radius 3 is 2.25 bits per heavy atom. The highest BCUT2D eigenvalue weighted by molar-refractivity contribution is 5.85. The molecule has 0 unspecified atom stereocenters. The van der Waals surface area contributed by atoms with Crippen molar-refractivity contribution in [2.45, 2.75) is 31.7 Å². The maximum Gasteiger partial charge on any atom is 0.0459 e. The van der Waals surface area contributed by atoms with Crippen LogP contribution in [-0.4, -0.2) is 17.8 Å². The molecule has 2 rings (SSSR count). The number of anilines is 1. The van der Waals surface area contributed by atoms with Gasteiger partial charge in [-0.05, 0) is 43.7 Å². The van der Waals surface area contributed by atoms with Crippen molar-refractivity contribution < 1.29 is 5.11 Å². The van der Waals surface area contributed by atoms with Crippen molar-refractivity contribution in [3.63, 3.8) is 0 Å². The van der Waals surface area contributed by atoms with Gasteiger partial charge < -0.3 is 10.4 Å². The fourth-order valence-corrected chi connectivity index (χ4v) is 2.26. The fraction of sp³-hybridized carbons (Fsp3) is 0.538. The van der Waals surface area contributed by atoms with Crippen LogP contribution < -0.4 is 5.32 Å². The molecule has 2 nitrogen and oxygen atoms in total. The van der Waals surface area contributed by atoms with Crippen LogP contribution in [0, 0.1) is 5.92 Å². The number of aliphatic hydroxyl groups is 1. The van der Waals surface area contributed by atoms with E-state index in [0.717, 1.165) is 12.8 Å². The monoisotopic (exact) mass is 241 g/mol. The summed E-state index contributed by atoms with van der Waals surface area (Å²) in [5.74, 6) is 0.541. The fourth-order valence-electron chi connectivity index (χ4n) is 2.26. The first-order valence-corrected chi connectivity index (χ1v) is 5.81. The number of hydrogen-bond donors (Lipinski definition) is 2. The second-order valence-corrected chi connectivity index (χ2v) is 4.41. The highest BCUT2D eigenvalue weighted by Crippen LogP contribution is 2.25. The molecule has 90 valence electrons. The van der Waals surface area contributed by atoms with Gasteiger partial charge in [0.05, 0.1) is 0 Å². The number of aliphatic hydroxyl groups excluding tert-OH is 1. The van der Waals surface area contributed by atoms with Crippen LogP contribution >= 0.6 is 12.4 Å². The van der Waals surface area contributed by atoms with Crippen LogP contribution in [0.3, 0.4) is 0 Å². The summed E-state index contributed by atoms with van der Waals surface area (Å²) in [6.45, 7) is 0.359. The molecule has 0 saturated heterocycles. The van der Waals surface area contributed by atoms with E-state index in [1.165, 1.54) is 18.5 Å². The molecule has 1 aromatic rings. The van der Waals surface area contributed by atoms with Gasteiger partial charge in [0.15, 0.2) is 0 Å². The molecule has 1 fully saturated rings. The maximum absolute atomic E-state index is 9.05. The molecular weight excluding hydrogens is 222 g/mol. The summed E-state index contributed by atoms with van der Waals surface area (Å²) >= 11 is 0. The van der Waals surface area contributed by atoms with Gasteiger partial charge in [-0.15, -0.1) is 12.4 Å². The van der Waals surface area contributed by atoms with E-state index in [2.05, 4.69) is 29.6 Å². The Hall–Kier alpha value is -0.730. The van der Waals surface area contributed by atoms with E-state index in [0.29, 0.717) is 18.6 Å². The van der Waals surface area contributed by atoms with Gasteiger partial charge in [0.2, 0.25) is 0 Å². The van der Waals surface area contributed by atoms with E-state index in [4.69, 9.17) is 5.11 Å². The van der Waals surface area contributed by atoms with Gasteiger partial charge in [-0.1, -0.05) is 18.2 Å². The molecule has 16 heavy (non-hydrogen) atoms. The Bertz CT molecular complexity index is 283. The van der Waals surface area contributed by atoms with E-state index in [9.17, 15) is 0 Å². The molecule has 0 bridgehead atoms. The summed E-state index contributed by atoms with van der Waals surface area (Å²) in [6.07, 6.45) is 4.67. The minimum absolute atomic E-state index is 0. The van der Waals surface area contributed by atoms with Crippen LogP contribution in [-0.2, 0) is 0 Å². The summed E-state index contributed by atoms with van der Waals surface area (Å²) < 4.78 is 0. The molecule has 0 aliphatic heterocycles. The van der Waals surface area contributed by atoms with E-state index in [1.54, 1.807) is 0 Å². The normalized spacial score (nSPS) is 24.6. The zero-order chi connectivity index (χ0) is 10.5. The lowest BCUT2D eigenvalue weighted by molar-refractivity contribution is 0.186. The van der Waals surface area contributed by atoms with Crippen LogP contribution in [0.15, 0.2) is 30.3 Å². The first-order chi connectivity index (χ1) is 7.38. The zero-order valence-electron chi connectivity index (χ0n) is 9.43. The summed E-state index contributed by atoms with van der Waals surface area (Å²) in [7, 11) is 0. The average Bonchev–Trinajstić information content (AvgIpc) is 2.31. The predicted molar refractivity (Wildman–Crippen MR) is 70.1 cm³/mol. The standard InChI is InChI=1S/C13H19NO.ClH/c15-10-11-6-8-13(9-7-11)14-12-4-2-1-3-5-12;/h1-5,11,13-15H,6-10H2;1H. The molecule has 0 amide bonds. The molecule has 1 aliphatic carbocycles. The first kappa shape index (κ1) is 13.3. The SMILES string of the molecule is Cl.OCC1CCC(Nc2ccccc2)CC1. The van der Waals surface area contributed by atoms with E-state index >= 15 is 0 Å². The summed E-state index contributed by atoms with van der Waals surface area (Å²) in [6, 6.07) is 11.0. The van der Waals surface area contributed by atoms with Crippen molar-refractivity contribution in [1.82, 2.24) is 0 Å². The lowest BCUT2D eigenvalue weighted by Crippen LogP contribution is -2.27. The lowest BCUT2D eigenvalue weighted by Gasteiger charge is -2.28. The molecule has 2 N–H and O–H groups in total. The molecule has 0 spiro atoms. The summed E-state index contributed by atoms with van der Waals surface area (Å²) in [5, 5.41) is 12.6. The van der Waals surface area contributed by atoms with Gasteiger partial charge in [0, 0.05) is 18.3 Å². The molecule has 1 aliphatic rings. The third-order valence-electron chi connectivity index (χ3n) is 3.25. The van der Waals surface area contributed by atoms with E-state index in [-0.39, 0.29) is 12.4 Å². The van der Waals surface area contributed by atoms with Gasteiger partial charge >= 0.3 is 0 Å². The predicted octanol–water partition coefficient (Wildman–Crippen LogP) is 3.07. The molecular formula is C13H20ClNO. The Morgan fingerprint density at radius 2 is 1.69 bits per heavy atom. The highest BCUT2D eigenvalue weighted by atomic mass is 35.5. The Labute approximate surface area is 103 Å². The number of halogens is 1. The van der Waals surface area contributed by atoms with Crippen molar-refractivity contribution in [1.29, 1.82) is 0 Å². The number of nitrogens with one attached hydrogen (secondary N) is 1. The van der Waals surface area contributed by atoms with Crippen molar-refractivity contribution in [3.05, 3.63) is 30.3 Å². The number of benzene rings is 1. The Kier molecular flexibility index (Phi) is 5.64. The van der Waals surface area contributed by atoms with Crippen molar-refractivity contribution >= 4 is 18.1 Å². The third kappa shape index (κ3) is 3.69. The molecule has 0 radical (unpaired) electrons. The molecule has 0 atom stereocenters. The topological polar surface area (TPSA) is 32.3 Å². The largest absolute Gasteiger partial charge is 0.396 e. The minimum Gasteiger partial charge on any atom is -0.396 e. The Balaban J connectivity index is 0.00000128. The second-order valence-electron chi connectivity index (χ2n) is 4.41. The second kappa shape index (κ2) is 6.77. The summed E-state index contributed by atoms with van der Waals surface area (Å²) in [5.41, 5.74) is 1.21. The van der Waals surface area contributed by atoms with Crippen LogP contribution in [0.25, 0.3) is 0 Å². The zero-order valence-corrected chi connectivity index (χ0v) is 10.2. The van der Waals surface area contributed by atoms with Gasteiger partial charge in [-0.3, -0.25) is 0 Å². The van der Waals surface area contributed by atoms with Gasteiger partial charge in [0.25, 0.3) is 0 Å². The van der Waals surface area contributed by atoms with Crippen LogP contribution in [0.5, 0.6) is 0 Å². The molecule has 1 saturated carbocycles. The van der Waals surface area contributed by atoms with Crippen molar-refractivity contribution in [2.75, 3.05) is 11.9 Å². The van der Waals surface area contributed by atoms with Crippen LogP contribution in [0.4, 0.5) is 5.69 Å². The van der Waals surface area contributed by atoms with Gasteiger partial charge in [0.1, 0.15) is 0 Å². The number of rotatable bonds is 3. The Morgan fingerprint density at radius 1 is 1.06 bits per heavy atom. The van der Waals surface area contributed by atoms with Crippen LogP contribution in [0.1, 0.15) is 25.7 Å². The molecule has 3 heteroatoms. The van der Waals surface area contributed by atoms with Crippen LogP contribution in [0.2, 0.25) is 0 Å². The van der Waals surface area contributed by atoms with Crippen molar-refractivity contribution in [2.24, 2.45) is 5.92 Å². The molecule has 1 aromatic carbocycles. The smallest absolute Gasteiger partial charge is 0.0459 e. The third-order valence-corrected chi connectivity index (χ3v) is 3.25. The lowest BCUT2D eigenvalue weighted by atomic mass is 9.86. The summed E-state index contributed by atoms with van der Waals surface area (Å²) in [4.78, 5) is 0. The quantitative estimate of drug-likeness (QED) is 0.853. The first-order valence-electron chi connectivity index (χ1n) is 5.81. The highest BCUT2D eigenvalue weighted by Gasteiger charge is 2.19. The van der Waals surface area contributed by atoms with Gasteiger partial charge in [-0.25, -0.2) is 0 Å². The van der Waals surface area contributed by atoms with E-state index in [1.807, 2.05) is 6.07 Å². The average molecular weight is 242 g/mol. The van der Waals surface area contributed by atoms with E-state index < -0.39 is 0 Å². The minimum atomic E-state index is 0. The number of hydrogen-bond acceptors (Lipinski definition) is 2. The van der Waals surface area contributed by atoms with Crippen molar-refractivity contribution in [3.8, 4) is 0 Å². The van der Waals surface area contributed by atoms with Gasteiger partial charge in [-0.2, -0.15) is 0 Å².